The van der Waals surface area contributed by atoms with Gasteiger partial charge in [-0.05, 0) is 30.5 Å². The van der Waals surface area contributed by atoms with E-state index in [1.165, 1.54) is 0 Å². The Labute approximate surface area is 147 Å². The summed E-state index contributed by atoms with van der Waals surface area (Å²) in [6, 6.07) is 4.09. The number of rotatable bonds is 6. The Morgan fingerprint density at radius 3 is 2.80 bits per heavy atom. The van der Waals surface area contributed by atoms with Gasteiger partial charge in [0.2, 0.25) is 5.91 Å². The summed E-state index contributed by atoms with van der Waals surface area (Å²) in [4.78, 5) is 31.7. The number of aliphatic carboxylic acids is 1. The molecule has 0 aliphatic carbocycles. The molecule has 0 aromatic carbocycles. The van der Waals surface area contributed by atoms with Gasteiger partial charge in [0.25, 0.3) is 0 Å². The molecule has 3 rings (SSSR count). The van der Waals surface area contributed by atoms with Crippen LogP contribution in [0.15, 0.2) is 18.3 Å². The topological polar surface area (TPSA) is 83.0 Å². The van der Waals surface area contributed by atoms with Gasteiger partial charge in [-0.25, -0.2) is 0 Å². The molecule has 1 atom stereocenters. The van der Waals surface area contributed by atoms with Gasteiger partial charge in [-0.15, -0.1) is 0 Å². The Hall–Kier alpha value is -1.99. The fourth-order valence-corrected chi connectivity index (χ4v) is 3.55. The number of pyridine rings is 1. The summed E-state index contributed by atoms with van der Waals surface area (Å²) in [7, 11) is 0. The SMILES string of the molecule is O=C(O)CCC(=O)N1CCC[C@H]1c1ccnc(CN2CCOCC2)c1. The molecule has 2 aliphatic rings. The molecule has 3 heterocycles. The fourth-order valence-electron chi connectivity index (χ4n) is 3.55. The maximum atomic E-state index is 12.4. The Morgan fingerprint density at radius 1 is 1.24 bits per heavy atom. The summed E-state index contributed by atoms with van der Waals surface area (Å²) < 4.78 is 5.37. The fraction of sp³-hybridized carbons (Fsp3) is 0.611. The van der Waals surface area contributed by atoms with E-state index in [0.717, 1.165) is 56.9 Å². The van der Waals surface area contributed by atoms with Crippen molar-refractivity contribution in [3.05, 3.63) is 29.6 Å². The molecule has 2 fully saturated rings. The summed E-state index contributed by atoms with van der Waals surface area (Å²) in [6.07, 6.45) is 3.63. The number of nitrogens with zero attached hydrogens (tertiary/aromatic N) is 3. The third-order valence-electron chi connectivity index (χ3n) is 4.84. The summed E-state index contributed by atoms with van der Waals surface area (Å²) in [5, 5.41) is 8.79. The van der Waals surface area contributed by atoms with E-state index in [-0.39, 0.29) is 24.8 Å². The molecule has 25 heavy (non-hydrogen) atoms. The number of carbonyl (C=O) groups excluding carboxylic acids is 1. The van der Waals surface area contributed by atoms with Gasteiger partial charge >= 0.3 is 5.97 Å². The first kappa shape index (κ1) is 17.8. The molecule has 0 saturated carbocycles. The highest BCUT2D eigenvalue weighted by atomic mass is 16.5. The van der Waals surface area contributed by atoms with E-state index in [9.17, 15) is 9.59 Å². The summed E-state index contributed by atoms with van der Waals surface area (Å²) >= 11 is 0. The first-order chi connectivity index (χ1) is 12.1. The van der Waals surface area contributed by atoms with Crippen LogP contribution in [0.1, 0.15) is 43.0 Å². The maximum Gasteiger partial charge on any atom is 0.303 e. The molecule has 1 amide bonds. The van der Waals surface area contributed by atoms with E-state index in [1.807, 2.05) is 17.2 Å². The average molecular weight is 347 g/mol. The minimum Gasteiger partial charge on any atom is -0.481 e. The van der Waals surface area contributed by atoms with Crippen molar-refractivity contribution in [3.8, 4) is 0 Å². The lowest BCUT2D eigenvalue weighted by Gasteiger charge is -2.27. The predicted octanol–water partition coefficient (Wildman–Crippen LogP) is 1.44. The predicted molar refractivity (Wildman–Crippen MR) is 90.9 cm³/mol. The largest absolute Gasteiger partial charge is 0.481 e. The molecule has 1 N–H and O–H groups in total. The highest BCUT2D eigenvalue weighted by molar-refractivity contribution is 5.81. The van der Waals surface area contributed by atoms with E-state index in [0.29, 0.717) is 6.54 Å². The molecule has 2 aliphatic heterocycles. The first-order valence-electron chi connectivity index (χ1n) is 8.89. The zero-order valence-electron chi connectivity index (χ0n) is 14.4. The Balaban J connectivity index is 1.66. The van der Waals surface area contributed by atoms with Gasteiger partial charge in [-0.3, -0.25) is 19.5 Å². The second kappa shape index (κ2) is 8.40. The monoisotopic (exact) mass is 347 g/mol. The van der Waals surface area contributed by atoms with Crippen molar-refractivity contribution in [2.45, 2.75) is 38.3 Å². The van der Waals surface area contributed by atoms with Gasteiger partial charge in [-0.2, -0.15) is 0 Å². The van der Waals surface area contributed by atoms with E-state index in [2.05, 4.69) is 16.0 Å². The van der Waals surface area contributed by atoms with Crippen molar-refractivity contribution >= 4 is 11.9 Å². The van der Waals surface area contributed by atoms with Crippen LogP contribution < -0.4 is 0 Å². The van der Waals surface area contributed by atoms with Gasteiger partial charge in [0.15, 0.2) is 0 Å². The van der Waals surface area contributed by atoms with Crippen LogP contribution in [0.25, 0.3) is 0 Å². The Morgan fingerprint density at radius 2 is 2.04 bits per heavy atom. The number of likely N-dealkylation sites (tertiary alicyclic amines) is 1. The number of carboxylic acids is 1. The third kappa shape index (κ3) is 4.76. The summed E-state index contributed by atoms with van der Waals surface area (Å²) in [5.41, 5.74) is 2.10. The van der Waals surface area contributed by atoms with Gasteiger partial charge in [0.05, 0.1) is 31.4 Å². The minimum atomic E-state index is -0.930. The third-order valence-corrected chi connectivity index (χ3v) is 4.84. The van der Waals surface area contributed by atoms with Gasteiger partial charge in [-0.1, -0.05) is 0 Å². The van der Waals surface area contributed by atoms with Crippen LogP contribution in [0.4, 0.5) is 0 Å². The lowest BCUT2D eigenvalue weighted by atomic mass is 10.0. The molecule has 0 spiro atoms. The van der Waals surface area contributed by atoms with Gasteiger partial charge in [0.1, 0.15) is 0 Å². The number of morpholine rings is 1. The zero-order chi connectivity index (χ0) is 17.6. The number of hydrogen-bond donors (Lipinski definition) is 1. The quantitative estimate of drug-likeness (QED) is 0.838. The van der Waals surface area contributed by atoms with E-state index < -0.39 is 5.97 Å². The molecule has 7 nitrogen and oxygen atoms in total. The molecule has 7 heteroatoms. The lowest BCUT2D eigenvalue weighted by molar-refractivity contribution is -0.141. The van der Waals surface area contributed by atoms with Crippen molar-refractivity contribution in [3.63, 3.8) is 0 Å². The molecule has 0 unspecified atom stereocenters. The summed E-state index contributed by atoms with van der Waals surface area (Å²) in [5.74, 6) is -1.00. The van der Waals surface area contributed by atoms with Crippen LogP contribution in [0.3, 0.4) is 0 Å². The molecule has 1 aromatic rings. The Bertz CT molecular complexity index is 616. The first-order valence-corrected chi connectivity index (χ1v) is 8.89. The number of aromatic nitrogens is 1. The van der Waals surface area contributed by atoms with Crippen LogP contribution in [-0.4, -0.2) is 64.6 Å². The van der Waals surface area contributed by atoms with E-state index in [4.69, 9.17) is 9.84 Å². The van der Waals surface area contributed by atoms with Crippen LogP contribution in [-0.2, 0) is 20.9 Å². The highest BCUT2D eigenvalue weighted by Crippen LogP contribution is 2.32. The maximum absolute atomic E-state index is 12.4. The Kier molecular flexibility index (Phi) is 5.99. The number of carboxylic acid groups (broad SMARTS) is 1. The van der Waals surface area contributed by atoms with Crippen molar-refractivity contribution in [2.75, 3.05) is 32.8 Å². The second-order valence-corrected chi connectivity index (χ2v) is 6.61. The van der Waals surface area contributed by atoms with Crippen LogP contribution in [0.5, 0.6) is 0 Å². The molecular formula is C18H25N3O4. The minimum absolute atomic E-state index is 0.0349. The van der Waals surface area contributed by atoms with Crippen LogP contribution in [0, 0.1) is 0 Å². The standard InChI is InChI=1S/C18H25N3O4/c22-17(3-4-18(23)24)21-7-1-2-16(21)14-5-6-19-15(12-14)13-20-8-10-25-11-9-20/h5-6,12,16H,1-4,7-11,13H2,(H,23,24)/t16-/m0/s1. The van der Waals surface area contributed by atoms with Gasteiger partial charge in [0, 0.05) is 38.8 Å². The molecule has 136 valence electrons. The molecule has 0 radical (unpaired) electrons. The van der Waals surface area contributed by atoms with Crippen LogP contribution >= 0.6 is 0 Å². The number of amides is 1. The smallest absolute Gasteiger partial charge is 0.303 e. The van der Waals surface area contributed by atoms with Crippen molar-refractivity contribution in [1.82, 2.24) is 14.8 Å². The molecule has 0 bridgehead atoms. The van der Waals surface area contributed by atoms with Crippen molar-refractivity contribution in [2.24, 2.45) is 0 Å². The van der Waals surface area contributed by atoms with Crippen LogP contribution in [0.2, 0.25) is 0 Å². The number of carbonyl (C=O) groups is 2. The highest BCUT2D eigenvalue weighted by Gasteiger charge is 2.30. The summed E-state index contributed by atoms with van der Waals surface area (Å²) in [6.45, 7) is 4.83. The lowest BCUT2D eigenvalue weighted by Crippen LogP contribution is -2.36. The van der Waals surface area contributed by atoms with Gasteiger partial charge < -0.3 is 14.7 Å². The molecular weight excluding hydrogens is 322 g/mol. The average Bonchev–Trinajstić information content (AvgIpc) is 3.10. The van der Waals surface area contributed by atoms with Crippen molar-refractivity contribution in [1.29, 1.82) is 0 Å². The number of hydrogen-bond acceptors (Lipinski definition) is 5. The second-order valence-electron chi connectivity index (χ2n) is 6.61. The van der Waals surface area contributed by atoms with E-state index >= 15 is 0 Å². The molecule has 1 aromatic heterocycles. The molecule has 2 saturated heterocycles. The zero-order valence-corrected chi connectivity index (χ0v) is 14.4. The van der Waals surface area contributed by atoms with E-state index in [1.54, 1.807) is 0 Å². The normalized spacial score (nSPS) is 21.4. The number of ether oxygens (including phenoxy) is 1. The van der Waals surface area contributed by atoms with Crippen molar-refractivity contribution < 1.29 is 19.4 Å².